The first-order valence-corrected chi connectivity index (χ1v) is 8.84. The fourth-order valence-electron chi connectivity index (χ4n) is 3.47. The number of amides is 1. The summed E-state index contributed by atoms with van der Waals surface area (Å²) >= 11 is 0. The van der Waals surface area contributed by atoms with Gasteiger partial charge in [0.25, 0.3) is 5.56 Å². The molecule has 0 aliphatic carbocycles. The first kappa shape index (κ1) is 17.0. The predicted molar refractivity (Wildman–Crippen MR) is 105 cm³/mol. The Morgan fingerprint density at radius 2 is 1.78 bits per heavy atom. The van der Waals surface area contributed by atoms with Crippen molar-refractivity contribution in [3.05, 3.63) is 76.7 Å². The van der Waals surface area contributed by atoms with Gasteiger partial charge in [-0.25, -0.2) is 4.68 Å². The summed E-state index contributed by atoms with van der Waals surface area (Å²) in [6.45, 7) is 1.80. The van der Waals surface area contributed by atoms with Gasteiger partial charge in [-0.3, -0.25) is 9.59 Å². The number of para-hydroxylation sites is 1. The molecule has 0 unspecified atom stereocenters. The maximum absolute atomic E-state index is 12.9. The van der Waals surface area contributed by atoms with Crippen LogP contribution in [0, 0.1) is 0 Å². The van der Waals surface area contributed by atoms with Crippen LogP contribution in [-0.4, -0.2) is 20.3 Å². The summed E-state index contributed by atoms with van der Waals surface area (Å²) in [7, 11) is 1.86. The molecule has 1 amide bonds. The Morgan fingerprint density at radius 3 is 2.56 bits per heavy atom. The summed E-state index contributed by atoms with van der Waals surface area (Å²) in [5, 5.41) is 8.91. The van der Waals surface area contributed by atoms with E-state index in [0.29, 0.717) is 5.52 Å². The van der Waals surface area contributed by atoms with Crippen molar-refractivity contribution in [1.82, 2.24) is 19.7 Å². The van der Waals surface area contributed by atoms with Crippen molar-refractivity contribution in [2.24, 2.45) is 7.05 Å². The van der Waals surface area contributed by atoms with Crippen LogP contribution in [0.2, 0.25) is 0 Å². The molecule has 0 radical (unpaired) electrons. The smallest absolute Gasteiger partial charge is 0.291 e. The van der Waals surface area contributed by atoms with E-state index in [1.165, 1.54) is 4.68 Å². The third-order valence-corrected chi connectivity index (χ3v) is 4.88. The molecule has 0 bridgehead atoms. The summed E-state index contributed by atoms with van der Waals surface area (Å²) < 4.78 is 3.07. The molecule has 6 nitrogen and oxygen atoms in total. The average Bonchev–Trinajstić information content (AvgIpc) is 2.98. The first-order valence-electron chi connectivity index (χ1n) is 8.84. The van der Waals surface area contributed by atoms with Crippen LogP contribution in [0.1, 0.15) is 18.5 Å². The third kappa shape index (κ3) is 2.99. The maximum atomic E-state index is 12.9. The van der Waals surface area contributed by atoms with Crippen LogP contribution >= 0.6 is 0 Å². The molecule has 0 aliphatic heterocycles. The van der Waals surface area contributed by atoms with Crippen LogP contribution < -0.4 is 10.9 Å². The molecule has 1 atom stereocenters. The van der Waals surface area contributed by atoms with Gasteiger partial charge in [0.05, 0.1) is 12.2 Å². The van der Waals surface area contributed by atoms with Gasteiger partial charge in [-0.2, -0.15) is 5.10 Å². The number of carbonyl (C=O) groups is 1. The molecule has 2 aromatic carbocycles. The molecule has 0 spiro atoms. The van der Waals surface area contributed by atoms with E-state index in [4.69, 9.17) is 0 Å². The number of benzene rings is 2. The number of aryl methyl sites for hydroxylation is 1. The van der Waals surface area contributed by atoms with Crippen molar-refractivity contribution in [3.8, 4) is 0 Å². The Kier molecular flexibility index (Phi) is 4.24. The standard InChI is InChI=1S/C21H20N4O2/c1-14(15-8-4-3-5-9-15)23-19(26)13-25-21(27)20-17(12-22-25)16-10-6-7-11-18(16)24(20)2/h3-12,14H,13H2,1-2H3,(H,23,26)/t14-/m1/s1. The normalized spacial score (nSPS) is 12.4. The summed E-state index contributed by atoms with van der Waals surface area (Å²) in [5.74, 6) is -0.251. The molecule has 0 saturated carbocycles. The fraction of sp³-hybridized carbons (Fsp3) is 0.190. The number of nitrogens with zero attached hydrogens (tertiary/aromatic N) is 3. The van der Waals surface area contributed by atoms with E-state index in [0.717, 1.165) is 21.9 Å². The summed E-state index contributed by atoms with van der Waals surface area (Å²) in [5.41, 5.74) is 2.26. The van der Waals surface area contributed by atoms with E-state index in [9.17, 15) is 9.59 Å². The van der Waals surface area contributed by atoms with Crippen molar-refractivity contribution in [3.63, 3.8) is 0 Å². The van der Waals surface area contributed by atoms with E-state index >= 15 is 0 Å². The Bertz CT molecular complexity index is 1190. The second-order valence-electron chi connectivity index (χ2n) is 6.65. The zero-order valence-electron chi connectivity index (χ0n) is 15.2. The molecule has 2 heterocycles. The molecule has 1 N–H and O–H groups in total. The molecular weight excluding hydrogens is 340 g/mol. The van der Waals surface area contributed by atoms with Crippen molar-refractivity contribution >= 4 is 27.7 Å². The van der Waals surface area contributed by atoms with Crippen LogP contribution in [0.4, 0.5) is 0 Å². The summed E-state index contributed by atoms with van der Waals surface area (Å²) in [6.07, 6.45) is 1.66. The van der Waals surface area contributed by atoms with Gasteiger partial charge in [-0.1, -0.05) is 48.5 Å². The number of nitrogens with one attached hydrogen (secondary N) is 1. The van der Waals surface area contributed by atoms with E-state index in [1.54, 1.807) is 6.20 Å². The van der Waals surface area contributed by atoms with Gasteiger partial charge in [-0.05, 0) is 18.6 Å². The Hall–Kier alpha value is -3.41. The highest BCUT2D eigenvalue weighted by molar-refractivity contribution is 6.07. The van der Waals surface area contributed by atoms with Crippen molar-refractivity contribution in [2.45, 2.75) is 19.5 Å². The SMILES string of the molecule is C[C@@H](NC(=O)Cn1ncc2c3ccccc3n(C)c2c1=O)c1ccccc1. The number of hydrogen-bond acceptors (Lipinski definition) is 3. The zero-order valence-corrected chi connectivity index (χ0v) is 15.2. The third-order valence-electron chi connectivity index (χ3n) is 4.88. The van der Waals surface area contributed by atoms with E-state index in [1.807, 2.05) is 73.1 Å². The number of aromatic nitrogens is 3. The fourth-order valence-corrected chi connectivity index (χ4v) is 3.47. The van der Waals surface area contributed by atoms with Gasteiger partial charge in [-0.15, -0.1) is 0 Å². The van der Waals surface area contributed by atoms with Gasteiger partial charge in [0.15, 0.2) is 0 Å². The second-order valence-corrected chi connectivity index (χ2v) is 6.65. The molecule has 27 heavy (non-hydrogen) atoms. The van der Waals surface area contributed by atoms with Crippen LogP contribution in [0.5, 0.6) is 0 Å². The molecule has 4 aromatic rings. The molecule has 0 aliphatic rings. The number of carbonyl (C=O) groups excluding carboxylic acids is 1. The quantitative estimate of drug-likeness (QED) is 0.608. The van der Waals surface area contributed by atoms with Gasteiger partial charge < -0.3 is 9.88 Å². The van der Waals surface area contributed by atoms with Crippen LogP contribution in [0.25, 0.3) is 21.8 Å². The van der Waals surface area contributed by atoms with Crippen LogP contribution in [-0.2, 0) is 18.4 Å². The van der Waals surface area contributed by atoms with E-state index in [-0.39, 0.29) is 24.1 Å². The maximum Gasteiger partial charge on any atom is 0.291 e. The number of rotatable bonds is 4. The lowest BCUT2D eigenvalue weighted by Gasteiger charge is -2.14. The molecule has 6 heteroatoms. The van der Waals surface area contributed by atoms with E-state index < -0.39 is 0 Å². The minimum Gasteiger partial charge on any atom is -0.348 e. The second kappa shape index (κ2) is 6.72. The Morgan fingerprint density at radius 1 is 1.07 bits per heavy atom. The van der Waals surface area contributed by atoms with Crippen LogP contribution in [0.3, 0.4) is 0 Å². The summed E-state index contributed by atoms with van der Waals surface area (Å²) in [6, 6.07) is 17.4. The lowest BCUT2D eigenvalue weighted by atomic mass is 10.1. The lowest BCUT2D eigenvalue weighted by Crippen LogP contribution is -2.35. The lowest BCUT2D eigenvalue weighted by molar-refractivity contribution is -0.122. The molecule has 0 saturated heterocycles. The van der Waals surface area contributed by atoms with Crippen LogP contribution in [0.15, 0.2) is 65.6 Å². The Labute approximate surface area is 156 Å². The molecule has 136 valence electrons. The summed E-state index contributed by atoms with van der Waals surface area (Å²) in [4.78, 5) is 25.3. The monoisotopic (exact) mass is 360 g/mol. The highest BCUT2D eigenvalue weighted by atomic mass is 16.2. The molecular formula is C21H20N4O2. The predicted octanol–water partition coefficient (Wildman–Crippen LogP) is 2.77. The van der Waals surface area contributed by atoms with Crippen molar-refractivity contribution in [2.75, 3.05) is 0 Å². The first-order chi connectivity index (χ1) is 13.1. The minimum atomic E-state index is -0.270. The number of hydrogen-bond donors (Lipinski definition) is 1. The molecule has 4 rings (SSSR count). The van der Waals surface area contributed by atoms with Gasteiger partial charge >= 0.3 is 0 Å². The molecule has 2 aromatic heterocycles. The zero-order chi connectivity index (χ0) is 19.0. The van der Waals surface area contributed by atoms with Gasteiger partial charge in [0.2, 0.25) is 5.91 Å². The molecule has 0 fully saturated rings. The van der Waals surface area contributed by atoms with E-state index in [2.05, 4.69) is 10.4 Å². The van der Waals surface area contributed by atoms with Crippen molar-refractivity contribution < 1.29 is 4.79 Å². The topological polar surface area (TPSA) is 68.9 Å². The minimum absolute atomic E-state index is 0.118. The van der Waals surface area contributed by atoms with Crippen molar-refractivity contribution in [1.29, 1.82) is 0 Å². The average molecular weight is 360 g/mol. The highest BCUT2D eigenvalue weighted by Gasteiger charge is 2.16. The Balaban J connectivity index is 1.64. The number of fused-ring (bicyclic) bond motifs is 3. The van der Waals surface area contributed by atoms with Gasteiger partial charge in [0.1, 0.15) is 12.1 Å². The largest absolute Gasteiger partial charge is 0.348 e. The van der Waals surface area contributed by atoms with Gasteiger partial charge in [0, 0.05) is 23.3 Å². The highest BCUT2D eigenvalue weighted by Crippen LogP contribution is 2.24.